The number of carbonyl (C=O) groups excluding carboxylic acids is 1. The number of fused-ring (bicyclic) bond motifs is 1. The molecule has 8 nitrogen and oxygen atoms in total. The summed E-state index contributed by atoms with van der Waals surface area (Å²) in [5, 5.41) is 2.74. The smallest absolute Gasteiger partial charge is 0.262 e. The highest BCUT2D eigenvalue weighted by atomic mass is 32.2. The molecule has 0 atom stereocenters. The topological polar surface area (TPSA) is 94.2 Å². The lowest BCUT2D eigenvalue weighted by Gasteiger charge is -2.25. The molecule has 0 bridgehead atoms. The van der Waals surface area contributed by atoms with Crippen LogP contribution in [0.2, 0.25) is 0 Å². The predicted octanol–water partition coefficient (Wildman–Crippen LogP) is 2.65. The molecule has 2 aliphatic rings. The highest BCUT2D eigenvalue weighted by Crippen LogP contribution is 2.32. The maximum Gasteiger partial charge on any atom is 0.262 e. The van der Waals surface area contributed by atoms with E-state index in [1.54, 1.807) is 30.3 Å². The fourth-order valence-electron chi connectivity index (χ4n) is 3.43. The molecule has 1 amide bonds. The zero-order valence-corrected chi connectivity index (χ0v) is 17.3. The second kappa shape index (κ2) is 8.93. The number of amides is 1. The lowest BCUT2D eigenvalue weighted by molar-refractivity contribution is -0.118. The van der Waals surface area contributed by atoms with Crippen molar-refractivity contribution in [3.8, 4) is 17.2 Å². The predicted molar refractivity (Wildman–Crippen MR) is 111 cm³/mol. The first kappa shape index (κ1) is 20.5. The van der Waals surface area contributed by atoms with Crippen LogP contribution in [0.4, 0.5) is 5.69 Å². The molecule has 4 rings (SSSR count). The highest BCUT2D eigenvalue weighted by molar-refractivity contribution is 7.89. The number of piperidine rings is 1. The lowest BCUT2D eigenvalue weighted by Crippen LogP contribution is -2.35. The van der Waals surface area contributed by atoms with Gasteiger partial charge in [0.1, 0.15) is 19.0 Å². The molecular weight excluding hydrogens is 408 g/mol. The van der Waals surface area contributed by atoms with Crippen LogP contribution in [0.5, 0.6) is 17.2 Å². The van der Waals surface area contributed by atoms with Crippen molar-refractivity contribution in [2.24, 2.45) is 0 Å². The van der Waals surface area contributed by atoms with Crippen LogP contribution in [0.15, 0.2) is 47.4 Å². The fourth-order valence-corrected chi connectivity index (χ4v) is 4.95. The molecule has 1 N–H and O–H groups in total. The molecular formula is C21H24N2O6S. The van der Waals surface area contributed by atoms with Gasteiger partial charge in [-0.05, 0) is 49.2 Å². The van der Waals surface area contributed by atoms with Crippen molar-refractivity contribution in [3.63, 3.8) is 0 Å². The van der Waals surface area contributed by atoms with Gasteiger partial charge in [0.2, 0.25) is 10.0 Å². The van der Waals surface area contributed by atoms with Gasteiger partial charge in [-0.15, -0.1) is 0 Å². The van der Waals surface area contributed by atoms with E-state index in [1.165, 1.54) is 16.4 Å². The Morgan fingerprint density at radius 2 is 1.67 bits per heavy atom. The summed E-state index contributed by atoms with van der Waals surface area (Å²) in [7, 11) is -3.48. The van der Waals surface area contributed by atoms with Crippen LogP contribution < -0.4 is 19.5 Å². The number of sulfonamides is 1. The van der Waals surface area contributed by atoms with E-state index < -0.39 is 10.0 Å². The van der Waals surface area contributed by atoms with Gasteiger partial charge in [0.05, 0.1) is 4.90 Å². The Hall–Kier alpha value is -2.78. The normalized spacial score (nSPS) is 16.7. The molecule has 0 radical (unpaired) electrons. The SMILES string of the molecule is O=C(COc1ccc(S(=O)(=O)N2CCCCC2)cc1)Nc1ccc2c(c1)OCCO2. The van der Waals surface area contributed by atoms with Gasteiger partial charge in [-0.1, -0.05) is 6.42 Å². The third-order valence-electron chi connectivity index (χ3n) is 4.97. The molecule has 0 aromatic heterocycles. The van der Waals surface area contributed by atoms with Crippen LogP contribution in [0.1, 0.15) is 19.3 Å². The number of rotatable bonds is 6. The van der Waals surface area contributed by atoms with Crippen LogP contribution in [-0.2, 0) is 14.8 Å². The Labute approximate surface area is 175 Å². The maximum absolute atomic E-state index is 12.7. The van der Waals surface area contributed by atoms with Crippen LogP contribution in [0.3, 0.4) is 0 Å². The summed E-state index contributed by atoms with van der Waals surface area (Å²) in [6, 6.07) is 11.3. The van der Waals surface area contributed by atoms with E-state index in [2.05, 4.69) is 5.32 Å². The van der Waals surface area contributed by atoms with Crippen molar-refractivity contribution in [1.29, 1.82) is 0 Å². The first-order valence-electron chi connectivity index (χ1n) is 9.95. The van der Waals surface area contributed by atoms with Crippen LogP contribution >= 0.6 is 0 Å². The van der Waals surface area contributed by atoms with Gasteiger partial charge in [0.25, 0.3) is 5.91 Å². The molecule has 0 saturated carbocycles. The molecule has 160 valence electrons. The van der Waals surface area contributed by atoms with Crippen molar-refractivity contribution in [2.45, 2.75) is 24.2 Å². The Kier molecular flexibility index (Phi) is 6.10. The number of anilines is 1. The van der Waals surface area contributed by atoms with Crippen LogP contribution in [0.25, 0.3) is 0 Å². The number of carbonyl (C=O) groups is 1. The summed E-state index contributed by atoms with van der Waals surface area (Å²) in [5.74, 6) is 1.32. The van der Waals surface area contributed by atoms with Crippen LogP contribution in [-0.4, -0.2) is 51.5 Å². The maximum atomic E-state index is 12.7. The van der Waals surface area contributed by atoms with E-state index in [4.69, 9.17) is 14.2 Å². The minimum Gasteiger partial charge on any atom is -0.486 e. The van der Waals surface area contributed by atoms with Crippen molar-refractivity contribution < 1.29 is 27.4 Å². The van der Waals surface area contributed by atoms with E-state index in [0.717, 1.165) is 19.3 Å². The van der Waals surface area contributed by atoms with Gasteiger partial charge in [-0.25, -0.2) is 8.42 Å². The van der Waals surface area contributed by atoms with Crippen molar-refractivity contribution in [2.75, 3.05) is 38.2 Å². The average Bonchev–Trinajstić information content (AvgIpc) is 2.78. The number of hydrogen-bond donors (Lipinski definition) is 1. The quantitative estimate of drug-likeness (QED) is 0.754. The van der Waals surface area contributed by atoms with Crippen molar-refractivity contribution in [1.82, 2.24) is 4.31 Å². The van der Waals surface area contributed by atoms with Gasteiger partial charge in [0.15, 0.2) is 18.1 Å². The summed E-state index contributed by atoms with van der Waals surface area (Å²) >= 11 is 0. The molecule has 1 saturated heterocycles. The van der Waals surface area contributed by atoms with E-state index in [1.807, 2.05) is 0 Å². The molecule has 9 heteroatoms. The molecule has 30 heavy (non-hydrogen) atoms. The first-order chi connectivity index (χ1) is 14.5. The number of nitrogens with one attached hydrogen (secondary N) is 1. The number of hydrogen-bond acceptors (Lipinski definition) is 6. The summed E-state index contributed by atoms with van der Waals surface area (Å²) < 4.78 is 43.3. The zero-order chi connectivity index (χ0) is 21.0. The van der Waals surface area contributed by atoms with Gasteiger partial charge in [-0.2, -0.15) is 4.31 Å². The number of ether oxygens (including phenoxy) is 3. The monoisotopic (exact) mass is 432 g/mol. The van der Waals surface area contributed by atoms with Gasteiger partial charge in [0, 0.05) is 24.8 Å². The zero-order valence-electron chi connectivity index (χ0n) is 16.5. The Bertz CT molecular complexity index is 1000. The molecule has 1 fully saturated rings. The van der Waals surface area contributed by atoms with E-state index >= 15 is 0 Å². The Balaban J connectivity index is 1.32. The van der Waals surface area contributed by atoms with Gasteiger partial charge < -0.3 is 19.5 Å². The van der Waals surface area contributed by atoms with E-state index in [0.29, 0.717) is 49.2 Å². The molecule has 2 aromatic carbocycles. The van der Waals surface area contributed by atoms with E-state index in [9.17, 15) is 13.2 Å². The highest BCUT2D eigenvalue weighted by Gasteiger charge is 2.25. The summed E-state index contributed by atoms with van der Waals surface area (Å²) in [6.45, 7) is 1.88. The van der Waals surface area contributed by atoms with Gasteiger partial charge >= 0.3 is 0 Å². The third-order valence-corrected chi connectivity index (χ3v) is 6.89. The molecule has 0 spiro atoms. The molecule has 2 aliphatic heterocycles. The first-order valence-corrected chi connectivity index (χ1v) is 11.4. The van der Waals surface area contributed by atoms with Crippen LogP contribution in [0, 0.1) is 0 Å². The number of nitrogens with zero attached hydrogens (tertiary/aromatic N) is 1. The largest absolute Gasteiger partial charge is 0.486 e. The molecule has 0 unspecified atom stereocenters. The number of benzene rings is 2. The standard InChI is InChI=1S/C21H24N2O6S/c24-21(22-16-4-9-19-20(14-16)28-13-12-27-19)15-29-17-5-7-18(8-6-17)30(25,26)23-10-2-1-3-11-23/h4-9,14H,1-3,10-13,15H2,(H,22,24). The second-order valence-electron chi connectivity index (χ2n) is 7.13. The third kappa shape index (κ3) is 4.68. The van der Waals surface area contributed by atoms with Crippen molar-refractivity contribution in [3.05, 3.63) is 42.5 Å². The molecule has 0 aliphatic carbocycles. The Morgan fingerprint density at radius 3 is 2.40 bits per heavy atom. The molecule has 2 heterocycles. The summed E-state index contributed by atoms with van der Waals surface area (Å²) in [6.07, 6.45) is 2.84. The summed E-state index contributed by atoms with van der Waals surface area (Å²) in [5.41, 5.74) is 0.579. The van der Waals surface area contributed by atoms with Gasteiger partial charge in [-0.3, -0.25) is 4.79 Å². The summed E-state index contributed by atoms with van der Waals surface area (Å²) in [4.78, 5) is 12.4. The molecule has 2 aromatic rings. The minimum atomic E-state index is -3.48. The second-order valence-corrected chi connectivity index (χ2v) is 9.07. The fraction of sp³-hybridized carbons (Fsp3) is 0.381. The average molecular weight is 432 g/mol. The Morgan fingerprint density at radius 1 is 0.967 bits per heavy atom. The lowest BCUT2D eigenvalue weighted by atomic mass is 10.2. The van der Waals surface area contributed by atoms with E-state index in [-0.39, 0.29) is 17.4 Å². The minimum absolute atomic E-state index is 0.202. The van der Waals surface area contributed by atoms with Crippen molar-refractivity contribution >= 4 is 21.6 Å².